The minimum atomic E-state index is -0.211. The summed E-state index contributed by atoms with van der Waals surface area (Å²) in [5.41, 5.74) is 0. The van der Waals surface area contributed by atoms with Gasteiger partial charge in [0.25, 0.3) is 0 Å². The van der Waals surface area contributed by atoms with E-state index in [0.29, 0.717) is 6.61 Å². The summed E-state index contributed by atoms with van der Waals surface area (Å²) in [4.78, 5) is 9.82. The van der Waals surface area contributed by atoms with Crippen molar-refractivity contribution in [2.24, 2.45) is 0 Å². The van der Waals surface area contributed by atoms with E-state index in [2.05, 4.69) is 4.74 Å². The molecule has 136 valence electrons. The molecular formula is C16H36O6. The molecule has 0 fully saturated rings. The molecule has 0 radical (unpaired) electrons. The van der Waals surface area contributed by atoms with Crippen LogP contribution >= 0.6 is 0 Å². The maximum absolute atomic E-state index is 9.82. The Morgan fingerprint density at radius 3 is 1.05 bits per heavy atom. The van der Waals surface area contributed by atoms with E-state index in [-0.39, 0.29) is 18.5 Å². The Balaban J connectivity index is -0.000000249. The molecule has 0 aromatic heterocycles. The van der Waals surface area contributed by atoms with E-state index >= 15 is 0 Å². The summed E-state index contributed by atoms with van der Waals surface area (Å²) in [6, 6.07) is 0. The van der Waals surface area contributed by atoms with Crippen molar-refractivity contribution in [1.82, 2.24) is 0 Å². The molecule has 0 aliphatic heterocycles. The lowest BCUT2D eigenvalue weighted by Gasteiger charge is -2.09. The Morgan fingerprint density at radius 2 is 0.955 bits per heavy atom. The van der Waals surface area contributed by atoms with Crippen molar-refractivity contribution in [3.8, 4) is 0 Å². The van der Waals surface area contributed by atoms with Crippen LogP contribution in [0.1, 0.15) is 55.4 Å². The number of carbonyl (C=O) groups is 1. The van der Waals surface area contributed by atoms with Crippen LogP contribution in [0.4, 0.5) is 0 Å². The van der Waals surface area contributed by atoms with Gasteiger partial charge in [0.1, 0.15) is 0 Å². The van der Waals surface area contributed by atoms with Crippen molar-refractivity contribution in [2.75, 3.05) is 33.0 Å². The predicted molar refractivity (Wildman–Crippen MR) is 87.7 cm³/mol. The minimum absolute atomic E-state index is 0.0370. The van der Waals surface area contributed by atoms with Gasteiger partial charge in [-0.25, -0.2) is 0 Å². The van der Waals surface area contributed by atoms with Crippen molar-refractivity contribution < 1.29 is 28.5 Å². The monoisotopic (exact) mass is 324 g/mol. The van der Waals surface area contributed by atoms with Gasteiger partial charge in [-0.05, 0) is 48.5 Å². The van der Waals surface area contributed by atoms with E-state index in [1.165, 1.54) is 6.92 Å². The standard InChI is InChI=1S/2C6H14O2.C4H8O2/c2*1-4-7-6(3)8-5-2;1-3-6-4(2)5/h2*6H,4-5H2,1-3H3;3H2,1-2H3. The van der Waals surface area contributed by atoms with Crippen molar-refractivity contribution >= 4 is 5.97 Å². The molecule has 0 rings (SSSR count). The molecule has 22 heavy (non-hydrogen) atoms. The summed E-state index contributed by atoms with van der Waals surface area (Å²) in [7, 11) is 0. The largest absolute Gasteiger partial charge is 0.466 e. The molecule has 0 aliphatic carbocycles. The number of hydrogen-bond acceptors (Lipinski definition) is 6. The van der Waals surface area contributed by atoms with Crippen LogP contribution in [0.3, 0.4) is 0 Å². The highest BCUT2D eigenvalue weighted by Gasteiger charge is 1.95. The average Bonchev–Trinajstić information content (AvgIpc) is 2.41. The van der Waals surface area contributed by atoms with Gasteiger partial charge in [0.2, 0.25) is 0 Å². The van der Waals surface area contributed by atoms with Gasteiger partial charge >= 0.3 is 5.97 Å². The third-order valence-electron chi connectivity index (χ3n) is 1.95. The molecule has 0 amide bonds. The summed E-state index contributed by atoms with van der Waals surface area (Å²) in [6.07, 6.45) is -0.0741. The van der Waals surface area contributed by atoms with Gasteiger partial charge in [0.05, 0.1) is 6.61 Å². The average molecular weight is 324 g/mol. The maximum atomic E-state index is 9.82. The molecular weight excluding hydrogens is 288 g/mol. The Bertz CT molecular complexity index is 185. The van der Waals surface area contributed by atoms with Crippen molar-refractivity contribution in [1.29, 1.82) is 0 Å². The molecule has 0 atom stereocenters. The Morgan fingerprint density at radius 1 is 0.682 bits per heavy atom. The first kappa shape index (κ1) is 26.2. The lowest BCUT2D eigenvalue weighted by atomic mass is 10.7. The molecule has 0 aromatic carbocycles. The zero-order valence-corrected chi connectivity index (χ0v) is 15.6. The third kappa shape index (κ3) is 31.6. The molecule has 0 bridgehead atoms. The second-order valence-corrected chi connectivity index (χ2v) is 3.88. The van der Waals surface area contributed by atoms with Crippen molar-refractivity contribution in [2.45, 2.75) is 68.0 Å². The quantitative estimate of drug-likeness (QED) is 0.478. The van der Waals surface area contributed by atoms with Crippen molar-refractivity contribution in [3.05, 3.63) is 0 Å². The highest BCUT2D eigenvalue weighted by atomic mass is 16.7. The molecule has 0 N–H and O–H groups in total. The molecule has 0 heterocycles. The summed E-state index contributed by atoms with van der Waals surface area (Å²) < 4.78 is 24.6. The van der Waals surface area contributed by atoms with E-state index in [9.17, 15) is 4.79 Å². The summed E-state index contributed by atoms with van der Waals surface area (Å²) in [6.45, 7) is 18.2. The third-order valence-corrected chi connectivity index (χ3v) is 1.95. The first-order valence-corrected chi connectivity index (χ1v) is 7.98. The smallest absolute Gasteiger partial charge is 0.302 e. The van der Waals surface area contributed by atoms with E-state index in [1.807, 2.05) is 41.5 Å². The minimum Gasteiger partial charge on any atom is -0.466 e. The molecule has 0 aliphatic rings. The Labute approximate surface area is 136 Å². The SMILES string of the molecule is CCOC(C)=O.CCOC(C)OCC.CCOC(C)OCC. The molecule has 6 nitrogen and oxygen atoms in total. The van der Waals surface area contributed by atoms with E-state index in [1.54, 1.807) is 6.92 Å². The van der Waals surface area contributed by atoms with Crippen LogP contribution in [0.5, 0.6) is 0 Å². The fourth-order valence-electron chi connectivity index (χ4n) is 1.24. The topological polar surface area (TPSA) is 63.2 Å². The van der Waals surface area contributed by atoms with Gasteiger partial charge < -0.3 is 23.7 Å². The van der Waals surface area contributed by atoms with Gasteiger partial charge in [0, 0.05) is 33.4 Å². The molecule has 0 unspecified atom stereocenters. The summed E-state index contributed by atoms with van der Waals surface area (Å²) in [5, 5.41) is 0. The van der Waals surface area contributed by atoms with E-state index < -0.39 is 0 Å². The summed E-state index contributed by atoms with van der Waals surface area (Å²) >= 11 is 0. The van der Waals surface area contributed by atoms with Gasteiger partial charge in [0.15, 0.2) is 12.6 Å². The van der Waals surface area contributed by atoms with Crippen LogP contribution in [0.15, 0.2) is 0 Å². The van der Waals surface area contributed by atoms with Gasteiger partial charge in [-0.1, -0.05) is 0 Å². The molecule has 0 saturated heterocycles. The molecule has 0 spiro atoms. The zero-order chi connectivity index (χ0) is 17.8. The second-order valence-electron chi connectivity index (χ2n) is 3.88. The zero-order valence-electron chi connectivity index (χ0n) is 15.6. The Hall–Kier alpha value is -0.690. The number of esters is 1. The number of rotatable bonds is 9. The number of carbonyl (C=O) groups excluding carboxylic acids is 1. The van der Waals surface area contributed by atoms with Crippen LogP contribution < -0.4 is 0 Å². The van der Waals surface area contributed by atoms with E-state index in [0.717, 1.165) is 26.4 Å². The second kappa shape index (κ2) is 22.6. The fraction of sp³-hybridized carbons (Fsp3) is 0.938. The number of hydrogen-bond donors (Lipinski definition) is 0. The lowest BCUT2D eigenvalue weighted by molar-refractivity contribution is -0.140. The fourth-order valence-corrected chi connectivity index (χ4v) is 1.24. The van der Waals surface area contributed by atoms with Crippen LogP contribution in [-0.2, 0) is 28.5 Å². The van der Waals surface area contributed by atoms with Crippen LogP contribution in [0, 0.1) is 0 Å². The van der Waals surface area contributed by atoms with Gasteiger partial charge in [-0.3, -0.25) is 4.79 Å². The highest BCUT2D eigenvalue weighted by Crippen LogP contribution is 1.91. The van der Waals surface area contributed by atoms with Crippen LogP contribution in [-0.4, -0.2) is 51.6 Å². The van der Waals surface area contributed by atoms with E-state index in [4.69, 9.17) is 18.9 Å². The Kier molecular flexibility index (Phi) is 26.9. The molecule has 0 saturated carbocycles. The number of ether oxygens (including phenoxy) is 5. The summed E-state index contributed by atoms with van der Waals surface area (Å²) in [5.74, 6) is -0.211. The van der Waals surface area contributed by atoms with Crippen molar-refractivity contribution in [3.63, 3.8) is 0 Å². The predicted octanol–water partition coefficient (Wildman–Crippen LogP) is 3.38. The van der Waals surface area contributed by atoms with Crippen LogP contribution in [0.2, 0.25) is 0 Å². The lowest BCUT2D eigenvalue weighted by Crippen LogP contribution is -2.11. The van der Waals surface area contributed by atoms with Crippen LogP contribution in [0.25, 0.3) is 0 Å². The van der Waals surface area contributed by atoms with Gasteiger partial charge in [-0.2, -0.15) is 0 Å². The first-order valence-electron chi connectivity index (χ1n) is 7.98. The molecule has 0 aromatic rings. The highest BCUT2D eigenvalue weighted by molar-refractivity contribution is 5.65. The maximum Gasteiger partial charge on any atom is 0.302 e. The molecule has 6 heteroatoms. The van der Waals surface area contributed by atoms with Gasteiger partial charge in [-0.15, -0.1) is 0 Å². The first-order chi connectivity index (χ1) is 10.4. The normalized spacial score (nSPS) is 9.73.